The molecule has 2 rings (SSSR count). The van der Waals surface area contributed by atoms with Crippen LogP contribution in [0.5, 0.6) is 0 Å². The molecule has 2 unspecified atom stereocenters. The Labute approximate surface area is 134 Å². The standard InChI is InChI=1S/C17H18N2O2S/c1-4-6-13-7-5-8-14(17(13)22-21)9-11(2)16-12(3)10-15(20)18-19-16/h1,5,7-9,12,14H,6,10H2,2-3H3,(H,18,20). The number of terminal acetylenes is 1. The van der Waals surface area contributed by atoms with Crippen molar-refractivity contribution in [3.8, 4) is 12.3 Å². The first-order valence-corrected chi connectivity index (χ1v) is 7.84. The fourth-order valence-electron chi connectivity index (χ4n) is 2.66. The zero-order valence-electron chi connectivity index (χ0n) is 12.6. The van der Waals surface area contributed by atoms with Gasteiger partial charge in [0.2, 0.25) is 5.91 Å². The number of hydrogen-bond acceptors (Lipinski definition) is 3. The van der Waals surface area contributed by atoms with E-state index in [2.05, 4.69) is 16.4 Å². The molecule has 0 saturated heterocycles. The Morgan fingerprint density at radius 3 is 3.05 bits per heavy atom. The van der Waals surface area contributed by atoms with Gasteiger partial charge >= 0.3 is 0 Å². The van der Waals surface area contributed by atoms with Crippen molar-refractivity contribution in [2.24, 2.45) is 16.9 Å². The van der Waals surface area contributed by atoms with Crippen LogP contribution in [0, 0.1) is 24.2 Å². The lowest BCUT2D eigenvalue weighted by Gasteiger charge is -2.21. The van der Waals surface area contributed by atoms with Crippen molar-refractivity contribution < 1.29 is 9.00 Å². The largest absolute Gasteiger partial charge is 0.273 e. The number of nitrogens with zero attached hydrogens (tertiary/aromatic N) is 1. The highest BCUT2D eigenvalue weighted by Gasteiger charge is 2.23. The number of nitrogens with one attached hydrogen (secondary N) is 1. The Balaban J connectivity index is 2.27. The van der Waals surface area contributed by atoms with Gasteiger partial charge < -0.3 is 0 Å². The van der Waals surface area contributed by atoms with E-state index in [0.29, 0.717) is 24.1 Å². The molecule has 1 heterocycles. The highest BCUT2D eigenvalue weighted by atomic mass is 32.1. The van der Waals surface area contributed by atoms with Crippen LogP contribution >= 0.6 is 0 Å². The SMILES string of the molecule is C#CCC1=CC=CC(C=C(C)C2=NNC(=O)CC2C)C1=S=O. The third-order valence-electron chi connectivity index (χ3n) is 3.71. The van der Waals surface area contributed by atoms with E-state index in [9.17, 15) is 9.00 Å². The molecule has 0 saturated carbocycles. The number of hydrazone groups is 1. The van der Waals surface area contributed by atoms with Crippen LogP contribution in [0.15, 0.2) is 40.6 Å². The van der Waals surface area contributed by atoms with Gasteiger partial charge in [-0.1, -0.05) is 31.2 Å². The lowest BCUT2D eigenvalue weighted by atomic mass is 9.88. The molecule has 2 atom stereocenters. The minimum atomic E-state index is -0.0941. The molecule has 0 bridgehead atoms. The first-order valence-electron chi connectivity index (χ1n) is 7.10. The zero-order valence-corrected chi connectivity index (χ0v) is 13.4. The Morgan fingerprint density at radius 1 is 1.64 bits per heavy atom. The van der Waals surface area contributed by atoms with Crippen LogP contribution < -0.4 is 5.43 Å². The summed E-state index contributed by atoms with van der Waals surface area (Å²) in [6.07, 6.45) is 14.0. The van der Waals surface area contributed by atoms with Gasteiger partial charge in [0, 0.05) is 24.7 Å². The summed E-state index contributed by atoms with van der Waals surface area (Å²) in [6.45, 7) is 3.93. The van der Waals surface area contributed by atoms with Crippen LogP contribution in [0.3, 0.4) is 0 Å². The third kappa shape index (κ3) is 3.52. The number of hydrogen-bond donors (Lipinski definition) is 1. The van der Waals surface area contributed by atoms with E-state index in [1.54, 1.807) is 0 Å². The van der Waals surface area contributed by atoms with Gasteiger partial charge in [-0.3, -0.25) is 4.79 Å². The minimum absolute atomic E-state index is 0.0665. The van der Waals surface area contributed by atoms with Gasteiger partial charge in [-0.25, -0.2) is 9.63 Å². The summed E-state index contributed by atoms with van der Waals surface area (Å²) in [5.41, 5.74) is 5.23. The molecule has 22 heavy (non-hydrogen) atoms. The monoisotopic (exact) mass is 314 g/mol. The number of amides is 1. The second-order valence-corrected chi connectivity index (χ2v) is 6.02. The summed E-state index contributed by atoms with van der Waals surface area (Å²) in [6, 6.07) is 0. The molecule has 114 valence electrons. The third-order valence-corrected chi connectivity index (χ3v) is 4.42. The topological polar surface area (TPSA) is 58.5 Å². The number of carbonyl (C=O) groups is 1. The molecular formula is C17H18N2O2S. The van der Waals surface area contributed by atoms with E-state index in [1.165, 1.54) is 0 Å². The quantitative estimate of drug-likeness (QED) is 0.639. The molecule has 0 aromatic carbocycles. The second-order valence-electron chi connectivity index (χ2n) is 5.42. The summed E-state index contributed by atoms with van der Waals surface area (Å²) >= 11 is 0.489. The van der Waals surface area contributed by atoms with Crippen molar-refractivity contribution >= 4 is 27.7 Å². The maximum absolute atomic E-state index is 11.5. The van der Waals surface area contributed by atoms with E-state index in [-0.39, 0.29) is 17.7 Å². The molecule has 0 fully saturated rings. The Kier molecular flexibility index (Phi) is 5.29. The molecule has 4 nitrogen and oxygen atoms in total. The van der Waals surface area contributed by atoms with Crippen molar-refractivity contribution in [3.05, 3.63) is 35.5 Å². The average Bonchev–Trinajstić information content (AvgIpc) is 2.47. The number of allylic oxidation sites excluding steroid dienone is 6. The molecule has 5 heteroatoms. The van der Waals surface area contributed by atoms with Crippen molar-refractivity contribution in [2.45, 2.75) is 26.7 Å². The predicted octanol–water partition coefficient (Wildman–Crippen LogP) is 1.97. The fourth-order valence-corrected chi connectivity index (χ4v) is 3.16. The summed E-state index contributed by atoms with van der Waals surface area (Å²) in [7, 11) is 0. The van der Waals surface area contributed by atoms with E-state index in [1.807, 2.05) is 38.2 Å². The molecule has 0 radical (unpaired) electrons. The smallest absolute Gasteiger partial charge is 0.240 e. The second kappa shape index (κ2) is 7.19. The van der Waals surface area contributed by atoms with Gasteiger partial charge in [0.25, 0.3) is 0 Å². The van der Waals surface area contributed by atoms with Crippen LogP contribution in [0.4, 0.5) is 0 Å². The van der Waals surface area contributed by atoms with Crippen LogP contribution in [-0.2, 0) is 16.1 Å². The van der Waals surface area contributed by atoms with Crippen LogP contribution in [0.2, 0.25) is 0 Å². The lowest BCUT2D eigenvalue weighted by Crippen LogP contribution is -2.32. The maximum atomic E-state index is 11.5. The van der Waals surface area contributed by atoms with Crippen molar-refractivity contribution in [1.29, 1.82) is 0 Å². The van der Waals surface area contributed by atoms with Crippen LogP contribution in [0.1, 0.15) is 26.7 Å². The zero-order chi connectivity index (χ0) is 16.1. The molecule has 2 aliphatic rings. The Bertz CT molecular complexity index is 701. The molecule has 1 amide bonds. The lowest BCUT2D eigenvalue weighted by molar-refractivity contribution is -0.121. The van der Waals surface area contributed by atoms with Crippen molar-refractivity contribution in [3.63, 3.8) is 0 Å². The molecule has 0 aromatic heterocycles. The van der Waals surface area contributed by atoms with E-state index >= 15 is 0 Å². The highest BCUT2D eigenvalue weighted by Crippen LogP contribution is 2.22. The van der Waals surface area contributed by atoms with E-state index in [0.717, 1.165) is 21.7 Å². The van der Waals surface area contributed by atoms with E-state index < -0.39 is 0 Å². The van der Waals surface area contributed by atoms with Gasteiger partial charge in [0.1, 0.15) is 0 Å². The number of carbonyl (C=O) groups excluding carboxylic acids is 1. The average molecular weight is 314 g/mol. The number of rotatable bonds is 3. The van der Waals surface area contributed by atoms with Crippen LogP contribution in [-0.4, -0.2) is 20.7 Å². The molecule has 1 N–H and O–H groups in total. The van der Waals surface area contributed by atoms with Gasteiger partial charge in [0.05, 0.1) is 21.8 Å². The first-order chi connectivity index (χ1) is 10.6. The molecular weight excluding hydrogens is 296 g/mol. The van der Waals surface area contributed by atoms with Crippen LogP contribution in [0.25, 0.3) is 0 Å². The Morgan fingerprint density at radius 2 is 2.41 bits per heavy atom. The maximum Gasteiger partial charge on any atom is 0.240 e. The van der Waals surface area contributed by atoms with E-state index in [4.69, 9.17) is 6.42 Å². The normalized spacial score (nSPS) is 25.0. The summed E-state index contributed by atoms with van der Waals surface area (Å²) in [5.74, 6) is 2.49. The van der Waals surface area contributed by atoms with Gasteiger partial charge in [-0.05, 0) is 18.1 Å². The minimum Gasteiger partial charge on any atom is -0.273 e. The highest BCUT2D eigenvalue weighted by molar-refractivity contribution is 7.67. The molecule has 1 aliphatic carbocycles. The summed E-state index contributed by atoms with van der Waals surface area (Å²) in [4.78, 5) is 12.1. The van der Waals surface area contributed by atoms with Gasteiger partial charge in [-0.2, -0.15) is 5.10 Å². The van der Waals surface area contributed by atoms with Crippen molar-refractivity contribution in [1.82, 2.24) is 5.43 Å². The molecule has 0 spiro atoms. The van der Waals surface area contributed by atoms with Gasteiger partial charge in [0.15, 0.2) is 0 Å². The molecule has 0 aromatic rings. The van der Waals surface area contributed by atoms with Crippen molar-refractivity contribution in [2.75, 3.05) is 0 Å². The Hall–Kier alpha value is -2.19. The predicted molar refractivity (Wildman–Crippen MR) is 90.4 cm³/mol. The van der Waals surface area contributed by atoms with Gasteiger partial charge in [-0.15, -0.1) is 12.3 Å². The summed E-state index contributed by atoms with van der Waals surface area (Å²) < 4.78 is 11.5. The molecule has 1 aliphatic heterocycles. The first kappa shape index (κ1) is 16.2. The summed E-state index contributed by atoms with van der Waals surface area (Å²) in [5, 5.41) is 4.15. The fraction of sp³-hybridized carbons (Fsp3) is 0.353.